The number of rotatable bonds is 1. The number of primary amides is 1. The van der Waals surface area contributed by atoms with Crippen LogP contribution in [0.4, 0.5) is 10.6 Å². The molecule has 0 bridgehead atoms. The van der Waals surface area contributed by atoms with Crippen LogP contribution in [0.1, 0.15) is 32.9 Å². The van der Waals surface area contributed by atoms with Gasteiger partial charge in [-0.15, -0.1) is 0 Å². The predicted octanol–water partition coefficient (Wildman–Crippen LogP) is 0.334. The third kappa shape index (κ3) is 2.40. The van der Waals surface area contributed by atoms with E-state index in [1.807, 2.05) is 0 Å². The molecule has 3 amide bonds. The van der Waals surface area contributed by atoms with Crippen LogP contribution in [0.2, 0.25) is 0 Å². The number of aryl methyl sites for hydroxylation is 1. The summed E-state index contributed by atoms with van der Waals surface area (Å²) in [6.45, 7) is 6.97. The van der Waals surface area contributed by atoms with Gasteiger partial charge in [0.25, 0.3) is 5.91 Å². The van der Waals surface area contributed by atoms with Gasteiger partial charge in [-0.3, -0.25) is 14.5 Å². The average molecular weight is 335 g/mol. The maximum atomic E-state index is 12.5. The van der Waals surface area contributed by atoms with E-state index >= 15 is 0 Å². The third-order valence-corrected chi connectivity index (χ3v) is 4.20. The van der Waals surface area contributed by atoms with Gasteiger partial charge in [-0.05, 0) is 27.7 Å². The van der Waals surface area contributed by atoms with Crippen molar-refractivity contribution in [2.75, 3.05) is 11.9 Å². The zero-order valence-electron chi connectivity index (χ0n) is 14.1. The van der Waals surface area contributed by atoms with Crippen LogP contribution in [0.15, 0.2) is 6.07 Å². The number of fused-ring (bicyclic) bond motifs is 2. The van der Waals surface area contributed by atoms with Crippen LogP contribution >= 0.6 is 0 Å². The second-order valence-corrected chi connectivity index (χ2v) is 7.30. The Kier molecular flexibility index (Phi) is 3.36. The molecule has 24 heavy (non-hydrogen) atoms. The minimum Gasteiger partial charge on any atom is -0.444 e. The first-order chi connectivity index (χ1) is 11.0. The van der Waals surface area contributed by atoms with E-state index in [4.69, 9.17) is 10.5 Å². The van der Waals surface area contributed by atoms with E-state index in [-0.39, 0.29) is 18.9 Å². The maximum Gasteiger partial charge on any atom is 0.411 e. The van der Waals surface area contributed by atoms with E-state index in [2.05, 4.69) is 10.4 Å². The van der Waals surface area contributed by atoms with Gasteiger partial charge in [-0.25, -0.2) is 9.48 Å². The lowest BCUT2D eigenvalue weighted by atomic mass is 9.96. The van der Waals surface area contributed by atoms with Gasteiger partial charge in [0.2, 0.25) is 5.91 Å². The van der Waals surface area contributed by atoms with E-state index in [1.165, 1.54) is 4.90 Å². The number of hydrogen-bond donors (Lipinski definition) is 2. The lowest BCUT2D eigenvalue weighted by Crippen LogP contribution is -2.47. The number of ether oxygens (including phenoxy) is 1. The quantitative estimate of drug-likeness (QED) is 0.766. The number of anilines is 1. The van der Waals surface area contributed by atoms with Gasteiger partial charge in [-0.2, -0.15) is 5.10 Å². The lowest BCUT2D eigenvalue weighted by Gasteiger charge is -2.27. The van der Waals surface area contributed by atoms with Gasteiger partial charge in [-0.1, -0.05) is 0 Å². The molecule has 1 aromatic rings. The van der Waals surface area contributed by atoms with Gasteiger partial charge in [0.15, 0.2) is 5.54 Å². The third-order valence-electron chi connectivity index (χ3n) is 4.20. The van der Waals surface area contributed by atoms with Crippen LogP contribution in [0.25, 0.3) is 0 Å². The average Bonchev–Trinajstić information content (AvgIpc) is 3.04. The molecule has 1 spiro atoms. The summed E-state index contributed by atoms with van der Waals surface area (Å²) < 4.78 is 6.90. The lowest BCUT2D eigenvalue weighted by molar-refractivity contribution is -0.123. The monoisotopic (exact) mass is 335 g/mol. The zero-order chi connectivity index (χ0) is 17.9. The highest BCUT2D eigenvalue weighted by Crippen LogP contribution is 2.41. The molecule has 1 aromatic heterocycles. The fraction of sp³-hybridized carbons (Fsp3) is 0.600. The van der Waals surface area contributed by atoms with E-state index in [1.54, 1.807) is 38.4 Å². The summed E-state index contributed by atoms with van der Waals surface area (Å²) in [7, 11) is 0. The fourth-order valence-electron chi connectivity index (χ4n) is 3.21. The van der Waals surface area contributed by atoms with Crippen molar-refractivity contribution < 1.29 is 19.1 Å². The van der Waals surface area contributed by atoms with Crippen molar-refractivity contribution in [1.29, 1.82) is 0 Å². The first-order valence-corrected chi connectivity index (χ1v) is 7.71. The Balaban J connectivity index is 1.97. The second kappa shape index (κ2) is 4.96. The normalized spacial score (nSPS) is 25.8. The molecule has 3 rings (SSSR count). The largest absolute Gasteiger partial charge is 0.444 e. The number of likely N-dealkylation sites (tertiary alicyclic amines) is 1. The zero-order valence-corrected chi connectivity index (χ0v) is 14.1. The molecule has 0 saturated carbocycles. The number of carbonyl (C=O) groups excluding carboxylic acids is 3. The molecule has 1 saturated heterocycles. The number of nitrogens with two attached hydrogens (primary N) is 1. The predicted molar refractivity (Wildman–Crippen MR) is 84.1 cm³/mol. The van der Waals surface area contributed by atoms with E-state index in [0.717, 1.165) is 5.69 Å². The maximum absolute atomic E-state index is 12.5. The highest BCUT2D eigenvalue weighted by molar-refractivity contribution is 6.02. The molecule has 2 atom stereocenters. The van der Waals surface area contributed by atoms with E-state index < -0.39 is 29.2 Å². The number of amides is 3. The Morgan fingerprint density at radius 1 is 1.46 bits per heavy atom. The summed E-state index contributed by atoms with van der Waals surface area (Å²) in [4.78, 5) is 38.1. The van der Waals surface area contributed by atoms with Gasteiger partial charge in [0.1, 0.15) is 17.5 Å². The van der Waals surface area contributed by atoms with Crippen molar-refractivity contribution in [1.82, 2.24) is 14.7 Å². The van der Waals surface area contributed by atoms with Crippen molar-refractivity contribution in [2.24, 2.45) is 5.73 Å². The molecule has 0 unspecified atom stereocenters. The van der Waals surface area contributed by atoms with Crippen LogP contribution < -0.4 is 11.1 Å². The molecular weight excluding hydrogens is 314 g/mol. The van der Waals surface area contributed by atoms with Gasteiger partial charge in [0.05, 0.1) is 12.2 Å². The Morgan fingerprint density at radius 3 is 2.71 bits per heavy atom. The van der Waals surface area contributed by atoms with Crippen molar-refractivity contribution in [3.05, 3.63) is 11.8 Å². The molecule has 3 heterocycles. The van der Waals surface area contributed by atoms with Crippen molar-refractivity contribution in [3.8, 4) is 0 Å². The van der Waals surface area contributed by atoms with Crippen molar-refractivity contribution in [3.63, 3.8) is 0 Å². The molecule has 0 aliphatic carbocycles. The molecule has 9 nitrogen and oxygen atoms in total. The summed E-state index contributed by atoms with van der Waals surface area (Å²) in [5.41, 5.74) is 4.33. The Labute approximate surface area is 139 Å². The van der Waals surface area contributed by atoms with Crippen LogP contribution in [0.3, 0.4) is 0 Å². The molecule has 9 heteroatoms. The standard InChI is InChI=1S/C15H21N5O4/c1-8-5-10-17-12(22)15(20(10)18-8)6-9(11(16)21)19(7-15)13(23)24-14(2,3)4/h5,9H,6-7H2,1-4H3,(H2,16,21)(H,17,22)/t9-,15+/m0/s1. The molecule has 2 aliphatic heterocycles. The summed E-state index contributed by atoms with van der Waals surface area (Å²) in [5, 5.41) is 7.09. The van der Waals surface area contributed by atoms with E-state index in [9.17, 15) is 14.4 Å². The molecule has 3 N–H and O–H groups in total. The van der Waals surface area contributed by atoms with Crippen LogP contribution in [-0.4, -0.2) is 50.8 Å². The topological polar surface area (TPSA) is 120 Å². The summed E-state index contributed by atoms with van der Waals surface area (Å²) in [6.07, 6.45) is -0.602. The number of nitrogens with one attached hydrogen (secondary N) is 1. The minimum absolute atomic E-state index is 0.0184. The molecule has 2 aliphatic rings. The number of nitrogens with zero attached hydrogens (tertiary/aromatic N) is 3. The van der Waals surface area contributed by atoms with Crippen molar-refractivity contribution >= 4 is 23.7 Å². The van der Waals surface area contributed by atoms with Crippen LogP contribution in [0.5, 0.6) is 0 Å². The Bertz CT molecular complexity index is 735. The molecule has 130 valence electrons. The molecule has 0 aromatic carbocycles. The smallest absolute Gasteiger partial charge is 0.411 e. The van der Waals surface area contributed by atoms with Crippen molar-refractivity contribution in [2.45, 2.75) is 51.3 Å². The second-order valence-electron chi connectivity index (χ2n) is 7.30. The highest BCUT2D eigenvalue weighted by atomic mass is 16.6. The molecule has 0 radical (unpaired) electrons. The number of aromatic nitrogens is 2. The summed E-state index contributed by atoms with van der Waals surface area (Å²) in [5.74, 6) is -0.433. The van der Waals surface area contributed by atoms with Crippen LogP contribution in [0, 0.1) is 6.92 Å². The first kappa shape index (κ1) is 16.3. The highest BCUT2D eigenvalue weighted by Gasteiger charge is 2.58. The molecule has 1 fully saturated rings. The fourth-order valence-corrected chi connectivity index (χ4v) is 3.21. The number of carbonyl (C=O) groups is 3. The van der Waals surface area contributed by atoms with Crippen LogP contribution in [-0.2, 0) is 19.9 Å². The first-order valence-electron chi connectivity index (χ1n) is 7.71. The number of hydrogen-bond acceptors (Lipinski definition) is 5. The minimum atomic E-state index is -1.14. The summed E-state index contributed by atoms with van der Waals surface area (Å²) in [6, 6.07) is 0.809. The van der Waals surface area contributed by atoms with Gasteiger partial charge in [0, 0.05) is 12.5 Å². The van der Waals surface area contributed by atoms with Gasteiger partial charge < -0.3 is 15.8 Å². The van der Waals surface area contributed by atoms with Gasteiger partial charge >= 0.3 is 6.09 Å². The summed E-state index contributed by atoms with van der Waals surface area (Å²) >= 11 is 0. The van der Waals surface area contributed by atoms with E-state index in [0.29, 0.717) is 5.82 Å². The Morgan fingerprint density at radius 2 is 2.12 bits per heavy atom. The SMILES string of the molecule is Cc1cc2n(n1)[C@@]1(C[C@@H](C(N)=O)N(C(=O)OC(C)(C)C)C1)C(=O)N2. The molecular formula is C15H21N5O4. The Hall–Kier alpha value is -2.58.